The summed E-state index contributed by atoms with van der Waals surface area (Å²) in [4.78, 5) is 24.7. The Balaban J connectivity index is 1.90. The molecule has 0 aliphatic heterocycles. The number of ether oxygens (including phenoxy) is 2. The minimum Gasteiger partial charge on any atom is -0.483 e. The molecule has 2 atom stereocenters. The molecule has 2 N–H and O–H groups in total. The zero-order chi connectivity index (χ0) is 22.8. The summed E-state index contributed by atoms with van der Waals surface area (Å²) >= 11 is 0. The number of hydrazine groups is 1. The second-order valence-electron chi connectivity index (χ2n) is 7.88. The highest BCUT2D eigenvalue weighted by molar-refractivity contribution is 5.85. The van der Waals surface area contributed by atoms with E-state index >= 15 is 0 Å². The van der Waals surface area contributed by atoms with Gasteiger partial charge in [-0.2, -0.15) is 0 Å². The molecule has 31 heavy (non-hydrogen) atoms. The number of benzene rings is 2. The fourth-order valence-corrected chi connectivity index (χ4v) is 3.17. The van der Waals surface area contributed by atoms with Crippen LogP contribution < -0.4 is 20.3 Å². The van der Waals surface area contributed by atoms with Crippen LogP contribution in [-0.2, 0) is 9.59 Å². The van der Waals surface area contributed by atoms with Crippen molar-refractivity contribution in [3.8, 4) is 11.5 Å². The largest absolute Gasteiger partial charge is 0.483 e. The molecule has 168 valence electrons. The van der Waals surface area contributed by atoms with Crippen molar-refractivity contribution in [2.24, 2.45) is 0 Å². The molecule has 0 aliphatic rings. The molecule has 2 aromatic carbocycles. The van der Waals surface area contributed by atoms with E-state index in [1.807, 2.05) is 55.5 Å². The zero-order valence-electron chi connectivity index (χ0n) is 19.1. The quantitative estimate of drug-likeness (QED) is 0.540. The van der Waals surface area contributed by atoms with Gasteiger partial charge in [-0.1, -0.05) is 71.0 Å². The van der Waals surface area contributed by atoms with E-state index in [1.54, 1.807) is 0 Å². The molecule has 0 bridgehead atoms. The van der Waals surface area contributed by atoms with E-state index in [-0.39, 0.29) is 12.5 Å². The maximum Gasteiger partial charge on any atom is 0.279 e. The van der Waals surface area contributed by atoms with Crippen molar-refractivity contribution in [3.05, 3.63) is 59.7 Å². The molecule has 2 rings (SSSR count). The Labute approximate surface area is 185 Å². The number of nitrogens with one attached hydrogen (secondary N) is 2. The van der Waals surface area contributed by atoms with Crippen molar-refractivity contribution in [1.29, 1.82) is 0 Å². The van der Waals surface area contributed by atoms with E-state index < -0.39 is 17.9 Å². The molecule has 0 fully saturated rings. The highest BCUT2D eigenvalue weighted by Gasteiger charge is 2.21. The van der Waals surface area contributed by atoms with Crippen LogP contribution in [-0.4, -0.2) is 24.5 Å². The van der Waals surface area contributed by atoms with Crippen LogP contribution in [0.1, 0.15) is 70.4 Å². The van der Waals surface area contributed by atoms with Crippen LogP contribution in [0.25, 0.3) is 0 Å². The fourth-order valence-electron chi connectivity index (χ4n) is 3.17. The van der Waals surface area contributed by atoms with Crippen molar-refractivity contribution >= 4 is 11.8 Å². The summed E-state index contributed by atoms with van der Waals surface area (Å²) in [7, 11) is 0. The SMILES string of the molecule is CCC(Oc1ccccc1C(C)CC)C(=O)NNC(=O)COc1ccccc1C(C)C. The molecule has 2 amide bonds. The smallest absolute Gasteiger partial charge is 0.279 e. The third-order valence-electron chi connectivity index (χ3n) is 5.22. The number of carbonyl (C=O) groups is 2. The highest BCUT2D eigenvalue weighted by Crippen LogP contribution is 2.29. The van der Waals surface area contributed by atoms with Crippen LogP contribution >= 0.6 is 0 Å². The number of rotatable bonds is 10. The summed E-state index contributed by atoms with van der Waals surface area (Å²) < 4.78 is 11.6. The van der Waals surface area contributed by atoms with E-state index in [9.17, 15) is 9.59 Å². The maximum atomic E-state index is 12.6. The number of hydrogen-bond acceptors (Lipinski definition) is 4. The number of hydrogen-bond donors (Lipinski definition) is 2. The predicted molar refractivity (Wildman–Crippen MR) is 122 cm³/mol. The van der Waals surface area contributed by atoms with Gasteiger partial charge in [-0.3, -0.25) is 20.4 Å². The second kappa shape index (κ2) is 12.0. The first-order chi connectivity index (χ1) is 14.9. The van der Waals surface area contributed by atoms with E-state index in [4.69, 9.17) is 9.47 Å². The van der Waals surface area contributed by atoms with Crippen LogP contribution in [0, 0.1) is 0 Å². The third-order valence-corrected chi connectivity index (χ3v) is 5.22. The van der Waals surface area contributed by atoms with Gasteiger partial charge in [-0.05, 0) is 47.9 Å². The molecular formula is C25H34N2O4. The molecular weight excluding hydrogens is 392 g/mol. The van der Waals surface area contributed by atoms with Gasteiger partial charge in [0.2, 0.25) is 0 Å². The van der Waals surface area contributed by atoms with Gasteiger partial charge < -0.3 is 9.47 Å². The Morgan fingerprint density at radius 2 is 1.45 bits per heavy atom. The van der Waals surface area contributed by atoms with Gasteiger partial charge in [0, 0.05) is 0 Å². The van der Waals surface area contributed by atoms with E-state index in [1.165, 1.54) is 0 Å². The summed E-state index contributed by atoms with van der Waals surface area (Å²) in [5.74, 6) is 1.11. The minimum atomic E-state index is -0.715. The lowest BCUT2D eigenvalue weighted by Gasteiger charge is -2.21. The van der Waals surface area contributed by atoms with Crippen molar-refractivity contribution < 1.29 is 19.1 Å². The number of para-hydroxylation sites is 2. The van der Waals surface area contributed by atoms with Crippen molar-refractivity contribution in [2.75, 3.05) is 6.61 Å². The van der Waals surface area contributed by atoms with Crippen molar-refractivity contribution in [1.82, 2.24) is 10.9 Å². The lowest BCUT2D eigenvalue weighted by Crippen LogP contribution is -2.49. The van der Waals surface area contributed by atoms with Crippen molar-refractivity contribution in [2.45, 2.75) is 65.4 Å². The molecule has 0 heterocycles. The molecule has 0 radical (unpaired) electrons. The van der Waals surface area contributed by atoms with E-state index in [0.29, 0.717) is 23.8 Å². The molecule has 0 saturated carbocycles. The van der Waals surface area contributed by atoms with E-state index in [2.05, 4.69) is 38.5 Å². The molecule has 6 heteroatoms. The molecule has 2 aromatic rings. The maximum absolute atomic E-state index is 12.6. The molecule has 0 saturated heterocycles. The summed E-state index contributed by atoms with van der Waals surface area (Å²) in [5, 5.41) is 0. The molecule has 0 aromatic heterocycles. The van der Waals surface area contributed by atoms with Crippen LogP contribution in [0.4, 0.5) is 0 Å². The first-order valence-corrected chi connectivity index (χ1v) is 10.9. The van der Waals surface area contributed by atoms with Crippen LogP contribution in [0.2, 0.25) is 0 Å². The Kier molecular flexibility index (Phi) is 9.38. The van der Waals surface area contributed by atoms with Gasteiger partial charge in [-0.25, -0.2) is 0 Å². The summed E-state index contributed by atoms with van der Waals surface area (Å²) in [6.45, 7) is 10.0. The van der Waals surface area contributed by atoms with Crippen molar-refractivity contribution in [3.63, 3.8) is 0 Å². The molecule has 0 aliphatic carbocycles. The van der Waals surface area contributed by atoms with E-state index in [0.717, 1.165) is 17.5 Å². The van der Waals surface area contributed by atoms with Crippen LogP contribution in [0.5, 0.6) is 11.5 Å². The normalized spacial score (nSPS) is 12.7. The number of amides is 2. The Morgan fingerprint density at radius 3 is 2.06 bits per heavy atom. The van der Waals surface area contributed by atoms with Gasteiger partial charge in [0.1, 0.15) is 11.5 Å². The summed E-state index contributed by atoms with van der Waals surface area (Å²) in [6.07, 6.45) is 0.724. The highest BCUT2D eigenvalue weighted by atomic mass is 16.5. The molecule has 6 nitrogen and oxygen atoms in total. The Morgan fingerprint density at radius 1 is 0.839 bits per heavy atom. The summed E-state index contributed by atoms with van der Waals surface area (Å²) in [5.41, 5.74) is 6.95. The zero-order valence-corrected chi connectivity index (χ0v) is 19.1. The average molecular weight is 427 g/mol. The van der Waals surface area contributed by atoms with Crippen LogP contribution in [0.15, 0.2) is 48.5 Å². The van der Waals surface area contributed by atoms with Gasteiger partial charge in [-0.15, -0.1) is 0 Å². The monoisotopic (exact) mass is 426 g/mol. The van der Waals surface area contributed by atoms with Gasteiger partial charge in [0.05, 0.1) is 0 Å². The standard InChI is InChI=1S/C25H34N2O4/c1-6-18(5)20-13-9-11-15-23(20)31-21(7-2)25(29)27-26-24(28)16-30-22-14-10-8-12-19(22)17(3)4/h8-15,17-18,21H,6-7,16H2,1-5H3,(H,26,28)(H,27,29). The predicted octanol–water partition coefficient (Wildman–Crippen LogP) is 4.71. The van der Waals surface area contributed by atoms with Gasteiger partial charge >= 0.3 is 0 Å². The second-order valence-corrected chi connectivity index (χ2v) is 7.88. The average Bonchev–Trinajstić information content (AvgIpc) is 2.79. The third kappa shape index (κ3) is 7.02. The Bertz CT molecular complexity index is 866. The first-order valence-electron chi connectivity index (χ1n) is 10.9. The van der Waals surface area contributed by atoms with Gasteiger partial charge in [0.25, 0.3) is 11.8 Å². The van der Waals surface area contributed by atoms with Gasteiger partial charge in [0.15, 0.2) is 12.7 Å². The lowest BCUT2D eigenvalue weighted by atomic mass is 9.98. The Hall–Kier alpha value is -3.02. The fraction of sp³-hybridized carbons (Fsp3) is 0.440. The topological polar surface area (TPSA) is 76.7 Å². The lowest BCUT2D eigenvalue weighted by molar-refractivity contribution is -0.134. The summed E-state index contributed by atoms with van der Waals surface area (Å²) in [6, 6.07) is 15.3. The molecule has 0 spiro atoms. The minimum absolute atomic E-state index is 0.196. The first kappa shape index (κ1) is 24.3. The van der Waals surface area contributed by atoms with Crippen LogP contribution in [0.3, 0.4) is 0 Å². The molecule has 2 unspecified atom stereocenters. The number of carbonyl (C=O) groups excluding carboxylic acids is 2.